The summed E-state index contributed by atoms with van der Waals surface area (Å²) in [5, 5.41) is 10.7. The molecule has 1 saturated carbocycles. The summed E-state index contributed by atoms with van der Waals surface area (Å²) in [5.41, 5.74) is 0.910. The second kappa shape index (κ2) is 8.50. The maximum atomic E-state index is 14.6. The van der Waals surface area contributed by atoms with Crippen LogP contribution in [0.1, 0.15) is 24.3 Å². The van der Waals surface area contributed by atoms with Gasteiger partial charge in [-0.3, -0.25) is 29.0 Å². The summed E-state index contributed by atoms with van der Waals surface area (Å²) in [6, 6.07) is 10.8. The summed E-state index contributed by atoms with van der Waals surface area (Å²) < 4.78 is 15.5. The minimum atomic E-state index is -2.08. The van der Waals surface area contributed by atoms with E-state index >= 15 is 0 Å². The molecular formula is C27H20Cl2FIN2O5. The number of hydrogen-bond donors (Lipinski definition) is 1. The Morgan fingerprint density at radius 3 is 2.37 bits per heavy atom. The number of nitrogens with zero attached hydrogens (tertiary/aromatic N) is 2. The fourth-order valence-electron chi connectivity index (χ4n) is 6.70. The molecule has 6 rings (SSSR count). The van der Waals surface area contributed by atoms with Crippen molar-refractivity contribution in [1.29, 1.82) is 0 Å². The molecule has 38 heavy (non-hydrogen) atoms. The number of aromatic hydroxyl groups is 1. The number of hydrogen-bond acceptors (Lipinski definition) is 5. The van der Waals surface area contributed by atoms with E-state index in [1.807, 2.05) is 0 Å². The highest BCUT2D eigenvalue weighted by Gasteiger charge is 2.76. The number of phenols is 1. The van der Waals surface area contributed by atoms with E-state index in [1.54, 1.807) is 30.3 Å². The van der Waals surface area contributed by atoms with Crippen LogP contribution in [0.15, 0.2) is 54.1 Å². The molecule has 0 bridgehead atoms. The van der Waals surface area contributed by atoms with Crippen LogP contribution in [0.25, 0.3) is 0 Å². The minimum Gasteiger partial charge on any atom is -0.505 e. The van der Waals surface area contributed by atoms with Crippen LogP contribution in [0.2, 0.25) is 0 Å². The van der Waals surface area contributed by atoms with Crippen molar-refractivity contribution >= 4 is 75.1 Å². The summed E-state index contributed by atoms with van der Waals surface area (Å²) in [4.78, 5) is 52.2. The molecule has 2 saturated heterocycles. The van der Waals surface area contributed by atoms with Crippen molar-refractivity contribution in [1.82, 2.24) is 4.90 Å². The lowest BCUT2D eigenvalue weighted by atomic mass is 9.56. The third kappa shape index (κ3) is 3.12. The predicted molar refractivity (Wildman–Crippen MR) is 145 cm³/mol. The topological polar surface area (TPSA) is 95.0 Å². The molecule has 3 fully saturated rings. The molecular weight excluding hydrogens is 649 g/mol. The maximum Gasteiger partial charge on any atom is 0.253 e. The first-order valence-corrected chi connectivity index (χ1v) is 13.8. The van der Waals surface area contributed by atoms with Crippen LogP contribution in [0.5, 0.6) is 5.75 Å². The lowest BCUT2D eigenvalue weighted by molar-refractivity contribution is -0.138. The third-order valence-corrected chi connectivity index (χ3v) is 10.6. The Balaban J connectivity index is 1.53. The Hall–Kier alpha value is -2.50. The highest BCUT2D eigenvalue weighted by molar-refractivity contribution is 14.1. The van der Waals surface area contributed by atoms with Crippen LogP contribution in [-0.2, 0) is 19.2 Å². The number of rotatable bonds is 2. The largest absolute Gasteiger partial charge is 0.505 e. The van der Waals surface area contributed by atoms with Gasteiger partial charge in [-0.2, -0.15) is 0 Å². The van der Waals surface area contributed by atoms with Crippen LogP contribution in [0.3, 0.4) is 0 Å². The number of anilines is 1. The lowest BCUT2D eigenvalue weighted by Gasteiger charge is -2.50. The summed E-state index contributed by atoms with van der Waals surface area (Å²) in [6.45, 7) is 0. The van der Waals surface area contributed by atoms with Gasteiger partial charge in [0.2, 0.25) is 11.8 Å². The average Bonchev–Trinajstić information content (AvgIpc) is 3.22. The van der Waals surface area contributed by atoms with Gasteiger partial charge in [0.1, 0.15) is 0 Å². The Morgan fingerprint density at radius 1 is 1.00 bits per heavy atom. The number of halogens is 4. The van der Waals surface area contributed by atoms with Gasteiger partial charge in [-0.05, 0) is 71.7 Å². The summed E-state index contributed by atoms with van der Waals surface area (Å²) in [6.07, 6.45) is 1.74. The second-order valence-corrected chi connectivity index (χ2v) is 12.7. The molecule has 2 aliphatic heterocycles. The normalized spacial score (nSPS) is 34.3. The SMILES string of the molecule is CN1C(=O)C2(Cl)CC3C(=CCC4C(=O)N(c5ccc(I)cc5)C(=O)C43)C(c3cccc(F)c3O)C2(Cl)C1=O. The van der Waals surface area contributed by atoms with E-state index < -0.39 is 62.7 Å². The molecule has 196 valence electrons. The monoisotopic (exact) mass is 668 g/mol. The molecule has 0 radical (unpaired) electrons. The van der Waals surface area contributed by atoms with E-state index in [0.717, 1.165) is 19.4 Å². The van der Waals surface area contributed by atoms with E-state index in [1.165, 1.54) is 19.2 Å². The van der Waals surface area contributed by atoms with Gasteiger partial charge in [-0.1, -0.05) is 23.8 Å². The Morgan fingerprint density at radius 2 is 1.68 bits per heavy atom. The van der Waals surface area contributed by atoms with Gasteiger partial charge >= 0.3 is 0 Å². The lowest BCUT2D eigenvalue weighted by Crippen LogP contribution is -2.60. The Labute approximate surface area is 240 Å². The number of carbonyl (C=O) groups is 4. The minimum absolute atomic E-state index is 0.0119. The van der Waals surface area contributed by atoms with Gasteiger partial charge in [0, 0.05) is 22.1 Å². The first-order chi connectivity index (χ1) is 17.9. The molecule has 6 atom stereocenters. The van der Waals surface area contributed by atoms with Crippen molar-refractivity contribution in [3.05, 3.63) is 69.1 Å². The highest BCUT2D eigenvalue weighted by Crippen LogP contribution is 2.66. The van der Waals surface area contributed by atoms with E-state index in [0.29, 0.717) is 11.3 Å². The quantitative estimate of drug-likeness (QED) is 0.223. The van der Waals surface area contributed by atoms with E-state index in [2.05, 4.69) is 22.6 Å². The zero-order chi connectivity index (χ0) is 27.3. The highest BCUT2D eigenvalue weighted by atomic mass is 127. The Kier molecular flexibility index (Phi) is 5.76. The molecule has 1 N–H and O–H groups in total. The van der Waals surface area contributed by atoms with Gasteiger partial charge in [-0.25, -0.2) is 4.39 Å². The standard InChI is InChI=1S/C27H20Cl2FIN2O5/c1-32-24(37)26(28)11-17-14(20(27(26,29)25(32)38)16-3-2-4-18(30)21(16)34)9-10-15-19(17)23(36)33(22(15)35)13-7-5-12(31)6-8-13/h2-9,15,17,19-20,34H,10-11H2,1H3. The van der Waals surface area contributed by atoms with Crippen molar-refractivity contribution in [3.8, 4) is 5.75 Å². The maximum absolute atomic E-state index is 14.6. The van der Waals surface area contributed by atoms with Gasteiger partial charge in [0.25, 0.3) is 11.8 Å². The molecule has 4 amide bonds. The number of allylic oxidation sites excluding steroid dienone is 2. The van der Waals surface area contributed by atoms with Gasteiger partial charge in [-0.15, -0.1) is 23.2 Å². The fraction of sp³-hybridized carbons (Fsp3) is 0.333. The molecule has 7 nitrogen and oxygen atoms in total. The molecule has 2 aromatic rings. The van der Waals surface area contributed by atoms with E-state index in [-0.39, 0.29) is 24.3 Å². The first kappa shape index (κ1) is 25.8. The number of carbonyl (C=O) groups excluding carboxylic acids is 4. The molecule has 4 aliphatic rings. The zero-order valence-electron chi connectivity index (χ0n) is 19.8. The van der Waals surface area contributed by atoms with Crippen LogP contribution in [-0.4, -0.2) is 50.4 Å². The number of amides is 4. The molecule has 2 aliphatic carbocycles. The van der Waals surface area contributed by atoms with Crippen molar-refractivity contribution in [2.24, 2.45) is 17.8 Å². The summed E-state index contributed by atoms with van der Waals surface area (Å²) >= 11 is 16.2. The van der Waals surface area contributed by atoms with Gasteiger partial charge in [0.05, 0.1) is 17.5 Å². The second-order valence-electron chi connectivity index (χ2n) is 10.2. The van der Waals surface area contributed by atoms with Gasteiger partial charge < -0.3 is 5.11 Å². The van der Waals surface area contributed by atoms with E-state index in [9.17, 15) is 28.7 Å². The van der Waals surface area contributed by atoms with Crippen molar-refractivity contribution in [3.63, 3.8) is 0 Å². The average molecular weight is 669 g/mol. The predicted octanol–water partition coefficient (Wildman–Crippen LogP) is 4.33. The number of likely N-dealkylation sites (tertiary alicyclic amines) is 1. The zero-order valence-corrected chi connectivity index (χ0v) is 23.5. The van der Waals surface area contributed by atoms with E-state index in [4.69, 9.17) is 23.2 Å². The number of para-hydroxylation sites is 1. The van der Waals surface area contributed by atoms with Gasteiger partial charge in [0.15, 0.2) is 21.3 Å². The number of benzene rings is 2. The van der Waals surface area contributed by atoms with Crippen molar-refractivity contribution in [2.45, 2.75) is 28.5 Å². The Bertz CT molecular complexity index is 1480. The van der Waals surface area contributed by atoms with Crippen LogP contribution in [0, 0.1) is 27.1 Å². The fourth-order valence-corrected chi connectivity index (χ4v) is 8.07. The number of phenolic OH excluding ortho intramolecular Hbond substituents is 1. The van der Waals surface area contributed by atoms with Crippen LogP contribution >= 0.6 is 45.8 Å². The number of fused-ring (bicyclic) bond motifs is 4. The molecule has 2 heterocycles. The number of alkyl halides is 2. The summed E-state index contributed by atoms with van der Waals surface area (Å²) in [7, 11) is 1.27. The van der Waals surface area contributed by atoms with Crippen LogP contribution in [0.4, 0.5) is 10.1 Å². The van der Waals surface area contributed by atoms with Crippen molar-refractivity contribution in [2.75, 3.05) is 11.9 Å². The summed E-state index contributed by atoms with van der Waals surface area (Å²) in [5.74, 6) is -7.50. The molecule has 2 aromatic carbocycles. The number of imide groups is 2. The van der Waals surface area contributed by atoms with Crippen molar-refractivity contribution < 1.29 is 28.7 Å². The third-order valence-electron chi connectivity index (χ3n) is 8.43. The molecule has 0 aromatic heterocycles. The molecule has 0 spiro atoms. The smallest absolute Gasteiger partial charge is 0.253 e. The first-order valence-electron chi connectivity index (χ1n) is 11.9. The van der Waals surface area contributed by atoms with Crippen LogP contribution < -0.4 is 4.90 Å². The molecule has 11 heteroatoms. The molecule has 6 unspecified atom stereocenters.